The summed E-state index contributed by atoms with van der Waals surface area (Å²) in [5, 5.41) is 3.00. The summed E-state index contributed by atoms with van der Waals surface area (Å²) >= 11 is 3.20. The van der Waals surface area contributed by atoms with Gasteiger partial charge in [-0.2, -0.15) is 0 Å². The van der Waals surface area contributed by atoms with Crippen molar-refractivity contribution in [3.05, 3.63) is 58.5 Å². The summed E-state index contributed by atoms with van der Waals surface area (Å²) in [6.07, 6.45) is 0. The second-order valence-electron chi connectivity index (χ2n) is 4.80. The van der Waals surface area contributed by atoms with Crippen molar-refractivity contribution in [3.8, 4) is 0 Å². The summed E-state index contributed by atoms with van der Waals surface area (Å²) in [6, 6.07) is 13.2. The van der Waals surface area contributed by atoms with Crippen LogP contribution < -0.4 is 5.32 Å². The van der Waals surface area contributed by atoms with E-state index in [4.69, 9.17) is 4.42 Å². The maximum absolute atomic E-state index is 12.2. The first-order chi connectivity index (χ1) is 9.56. The predicted molar refractivity (Wildman–Crippen MR) is 81.6 cm³/mol. The van der Waals surface area contributed by atoms with Crippen LogP contribution in [0.4, 0.5) is 0 Å². The summed E-state index contributed by atoms with van der Waals surface area (Å²) in [5.41, 5.74) is 1.07. The van der Waals surface area contributed by atoms with Gasteiger partial charge in [-0.05, 0) is 47.7 Å². The van der Waals surface area contributed by atoms with Gasteiger partial charge in [0.05, 0.1) is 6.04 Å². The molecule has 2 aromatic rings. The van der Waals surface area contributed by atoms with E-state index in [1.54, 1.807) is 12.1 Å². The SMILES string of the molecule is CN(C)CC(NC(=O)c1ccc(Br)o1)c1ccccc1. The van der Waals surface area contributed by atoms with Gasteiger partial charge in [0.1, 0.15) is 0 Å². The van der Waals surface area contributed by atoms with Gasteiger partial charge in [0.25, 0.3) is 5.91 Å². The Kier molecular flexibility index (Phi) is 4.98. The van der Waals surface area contributed by atoms with Crippen LogP contribution in [0.15, 0.2) is 51.6 Å². The molecular weight excluding hydrogens is 320 g/mol. The van der Waals surface area contributed by atoms with E-state index in [1.807, 2.05) is 49.3 Å². The molecule has 0 spiro atoms. The second-order valence-corrected chi connectivity index (χ2v) is 5.58. The van der Waals surface area contributed by atoms with Crippen LogP contribution in [0.25, 0.3) is 0 Å². The van der Waals surface area contributed by atoms with Gasteiger partial charge in [0.15, 0.2) is 10.4 Å². The number of carbonyl (C=O) groups excluding carboxylic acids is 1. The maximum atomic E-state index is 12.2. The molecule has 0 aliphatic heterocycles. The quantitative estimate of drug-likeness (QED) is 0.912. The van der Waals surface area contributed by atoms with Gasteiger partial charge in [0.2, 0.25) is 0 Å². The third kappa shape index (κ3) is 3.95. The van der Waals surface area contributed by atoms with Crippen LogP contribution in [0.2, 0.25) is 0 Å². The lowest BCUT2D eigenvalue weighted by atomic mass is 10.1. The number of nitrogens with zero attached hydrogens (tertiary/aromatic N) is 1. The molecule has 0 saturated heterocycles. The number of likely N-dealkylation sites (N-methyl/N-ethyl adjacent to an activating group) is 1. The fourth-order valence-corrected chi connectivity index (χ4v) is 2.26. The van der Waals surface area contributed by atoms with E-state index in [0.717, 1.165) is 12.1 Å². The Morgan fingerprint density at radius 1 is 1.25 bits per heavy atom. The van der Waals surface area contributed by atoms with Crippen molar-refractivity contribution in [2.24, 2.45) is 0 Å². The smallest absolute Gasteiger partial charge is 0.287 e. The van der Waals surface area contributed by atoms with Gasteiger partial charge in [-0.3, -0.25) is 4.79 Å². The van der Waals surface area contributed by atoms with Crippen molar-refractivity contribution in [1.82, 2.24) is 10.2 Å². The highest BCUT2D eigenvalue weighted by atomic mass is 79.9. The Balaban J connectivity index is 2.14. The van der Waals surface area contributed by atoms with Crippen molar-refractivity contribution >= 4 is 21.8 Å². The first-order valence-electron chi connectivity index (χ1n) is 6.32. The molecule has 5 heteroatoms. The Morgan fingerprint density at radius 2 is 1.95 bits per heavy atom. The minimum absolute atomic E-state index is 0.0809. The highest BCUT2D eigenvalue weighted by Crippen LogP contribution is 2.17. The number of hydrogen-bond donors (Lipinski definition) is 1. The molecule has 1 atom stereocenters. The van der Waals surface area contributed by atoms with E-state index in [9.17, 15) is 4.79 Å². The first-order valence-corrected chi connectivity index (χ1v) is 7.11. The Bertz CT molecular complexity index is 566. The van der Waals surface area contributed by atoms with Crippen molar-refractivity contribution in [3.63, 3.8) is 0 Å². The number of carbonyl (C=O) groups is 1. The lowest BCUT2D eigenvalue weighted by molar-refractivity contribution is 0.0900. The molecule has 1 unspecified atom stereocenters. The Morgan fingerprint density at radius 3 is 2.50 bits per heavy atom. The van der Waals surface area contributed by atoms with Crippen LogP contribution in [-0.4, -0.2) is 31.4 Å². The largest absolute Gasteiger partial charge is 0.444 e. The highest BCUT2D eigenvalue weighted by Gasteiger charge is 2.18. The molecular formula is C15H17BrN2O2. The van der Waals surface area contributed by atoms with Crippen LogP contribution >= 0.6 is 15.9 Å². The third-order valence-corrected chi connectivity index (χ3v) is 3.28. The zero-order valence-electron chi connectivity index (χ0n) is 11.5. The monoisotopic (exact) mass is 336 g/mol. The third-order valence-electron chi connectivity index (χ3n) is 2.85. The van der Waals surface area contributed by atoms with Gasteiger partial charge in [-0.15, -0.1) is 0 Å². The minimum Gasteiger partial charge on any atom is -0.444 e. The van der Waals surface area contributed by atoms with Crippen molar-refractivity contribution in [2.45, 2.75) is 6.04 Å². The fraction of sp³-hybridized carbons (Fsp3) is 0.267. The standard InChI is InChI=1S/C15H17BrN2O2/c1-18(2)10-12(11-6-4-3-5-7-11)17-15(19)13-8-9-14(16)20-13/h3-9,12H,10H2,1-2H3,(H,17,19). The molecule has 2 rings (SSSR count). The summed E-state index contributed by atoms with van der Waals surface area (Å²) in [7, 11) is 3.96. The average Bonchev–Trinajstić information content (AvgIpc) is 2.85. The molecule has 0 fully saturated rings. The van der Waals surface area contributed by atoms with Crippen molar-refractivity contribution < 1.29 is 9.21 Å². The van der Waals surface area contributed by atoms with E-state index in [0.29, 0.717) is 10.4 Å². The molecule has 20 heavy (non-hydrogen) atoms. The van der Waals surface area contributed by atoms with Crippen LogP contribution in [0, 0.1) is 0 Å². The van der Waals surface area contributed by atoms with Gasteiger partial charge in [0, 0.05) is 6.54 Å². The number of furan rings is 1. The lowest BCUT2D eigenvalue weighted by Crippen LogP contribution is -2.35. The topological polar surface area (TPSA) is 45.5 Å². The predicted octanol–water partition coefficient (Wildman–Crippen LogP) is 3.07. The van der Waals surface area contributed by atoms with E-state index in [-0.39, 0.29) is 11.9 Å². The number of nitrogens with one attached hydrogen (secondary N) is 1. The van der Waals surface area contributed by atoms with Gasteiger partial charge in [-0.25, -0.2) is 0 Å². The van der Waals surface area contributed by atoms with Crippen molar-refractivity contribution in [2.75, 3.05) is 20.6 Å². The van der Waals surface area contributed by atoms with Crippen LogP contribution in [0.1, 0.15) is 22.2 Å². The maximum Gasteiger partial charge on any atom is 0.287 e. The molecule has 0 bridgehead atoms. The summed E-state index contributed by atoms with van der Waals surface area (Å²) < 4.78 is 5.83. The number of benzene rings is 1. The Hall–Kier alpha value is -1.59. The molecule has 1 aromatic carbocycles. The van der Waals surface area contributed by atoms with Crippen LogP contribution in [-0.2, 0) is 0 Å². The summed E-state index contributed by atoms with van der Waals surface area (Å²) in [4.78, 5) is 14.2. The first kappa shape index (κ1) is 14.8. The highest BCUT2D eigenvalue weighted by molar-refractivity contribution is 9.10. The second kappa shape index (κ2) is 6.72. The van der Waals surface area contributed by atoms with Crippen molar-refractivity contribution in [1.29, 1.82) is 0 Å². The average molecular weight is 337 g/mol. The molecule has 0 radical (unpaired) electrons. The molecule has 1 amide bonds. The molecule has 1 heterocycles. The molecule has 106 valence electrons. The molecule has 1 aromatic heterocycles. The number of halogens is 1. The molecule has 4 nitrogen and oxygen atoms in total. The van der Waals surface area contributed by atoms with Crippen LogP contribution in [0.5, 0.6) is 0 Å². The van der Waals surface area contributed by atoms with Gasteiger partial charge in [-0.1, -0.05) is 30.3 Å². The van der Waals surface area contributed by atoms with Gasteiger partial charge < -0.3 is 14.6 Å². The summed E-state index contributed by atoms with van der Waals surface area (Å²) in [5.74, 6) is 0.0861. The van der Waals surface area contributed by atoms with E-state index in [1.165, 1.54) is 0 Å². The van der Waals surface area contributed by atoms with E-state index < -0.39 is 0 Å². The molecule has 1 N–H and O–H groups in total. The normalized spacial score (nSPS) is 12.4. The Labute approximate surface area is 126 Å². The fourth-order valence-electron chi connectivity index (χ4n) is 1.95. The minimum atomic E-state index is -0.216. The number of rotatable bonds is 5. The lowest BCUT2D eigenvalue weighted by Gasteiger charge is -2.22. The zero-order valence-corrected chi connectivity index (χ0v) is 13.1. The molecule has 0 aliphatic carbocycles. The van der Waals surface area contributed by atoms with E-state index >= 15 is 0 Å². The molecule has 0 aliphatic rings. The van der Waals surface area contributed by atoms with E-state index in [2.05, 4.69) is 21.2 Å². The molecule has 0 saturated carbocycles. The summed E-state index contributed by atoms with van der Waals surface area (Å²) in [6.45, 7) is 0.720. The zero-order chi connectivity index (χ0) is 14.5. The van der Waals surface area contributed by atoms with Crippen LogP contribution in [0.3, 0.4) is 0 Å². The number of amides is 1. The number of hydrogen-bond acceptors (Lipinski definition) is 3. The van der Waals surface area contributed by atoms with Gasteiger partial charge >= 0.3 is 0 Å².